The number of nitrogens with one attached hydrogen (secondary N) is 1. The maximum atomic E-state index is 12.2. The lowest BCUT2D eigenvalue weighted by Crippen LogP contribution is -2.43. The largest absolute Gasteiger partial charge is 0.351 e. The minimum atomic E-state index is -2.34. The Morgan fingerprint density at radius 1 is 1.32 bits per heavy atom. The standard InChI is InChI=1S/C13H25F2N3.HI/c1-10-4-6-11(7-5-10)9-18(3)13(16-2)17-8-12(14)15;/h10-12H,4-9H2,1-3H3,(H,16,17);1H. The molecule has 3 nitrogen and oxygen atoms in total. The van der Waals surface area contributed by atoms with Crippen LogP contribution in [0.15, 0.2) is 4.99 Å². The quantitative estimate of drug-likeness (QED) is 0.454. The fraction of sp³-hybridized carbons (Fsp3) is 0.923. The lowest BCUT2D eigenvalue weighted by Gasteiger charge is -2.31. The van der Waals surface area contributed by atoms with Crippen molar-refractivity contribution in [1.82, 2.24) is 10.2 Å². The van der Waals surface area contributed by atoms with Gasteiger partial charge < -0.3 is 10.2 Å². The van der Waals surface area contributed by atoms with Gasteiger partial charge in [0.05, 0.1) is 6.54 Å². The molecule has 1 rings (SSSR count). The first-order valence-corrected chi connectivity index (χ1v) is 6.72. The highest BCUT2D eigenvalue weighted by Crippen LogP contribution is 2.28. The van der Waals surface area contributed by atoms with E-state index in [1.54, 1.807) is 7.05 Å². The first-order valence-electron chi connectivity index (χ1n) is 6.72. The molecule has 0 unspecified atom stereocenters. The third-order valence-electron chi connectivity index (χ3n) is 3.66. The molecule has 114 valence electrons. The molecule has 1 aliphatic rings. The molecule has 1 aliphatic carbocycles. The van der Waals surface area contributed by atoms with E-state index in [4.69, 9.17) is 0 Å². The average molecular weight is 389 g/mol. The van der Waals surface area contributed by atoms with Gasteiger partial charge in [-0.15, -0.1) is 24.0 Å². The molecule has 0 amide bonds. The van der Waals surface area contributed by atoms with E-state index in [1.165, 1.54) is 25.7 Å². The third-order valence-corrected chi connectivity index (χ3v) is 3.66. The van der Waals surface area contributed by atoms with Gasteiger partial charge in [-0.1, -0.05) is 19.8 Å². The molecule has 0 saturated heterocycles. The van der Waals surface area contributed by atoms with E-state index in [1.807, 2.05) is 11.9 Å². The van der Waals surface area contributed by atoms with Gasteiger partial charge in [0.15, 0.2) is 5.96 Å². The molecule has 0 aromatic carbocycles. The summed E-state index contributed by atoms with van der Waals surface area (Å²) in [5.74, 6) is 2.06. The van der Waals surface area contributed by atoms with Gasteiger partial charge >= 0.3 is 0 Å². The normalized spacial score (nSPS) is 24.0. The highest BCUT2D eigenvalue weighted by molar-refractivity contribution is 14.0. The Labute approximate surface area is 132 Å². The summed E-state index contributed by atoms with van der Waals surface area (Å²) < 4.78 is 24.3. The Morgan fingerprint density at radius 2 is 1.89 bits per heavy atom. The Hall–Kier alpha value is -0.140. The summed E-state index contributed by atoms with van der Waals surface area (Å²) >= 11 is 0. The van der Waals surface area contributed by atoms with Crippen molar-refractivity contribution in [3.05, 3.63) is 0 Å². The maximum absolute atomic E-state index is 12.2. The number of aliphatic imine (C=N–C) groups is 1. The summed E-state index contributed by atoms with van der Waals surface area (Å²) in [6, 6.07) is 0. The summed E-state index contributed by atoms with van der Waals surface area (Å²) in [6.07, 6.45) is 2.68. The smallest absolute Gasteiger partial charge is 0.255 e. The van der Waals surface area contributed by atoms with Gasteiger partial charge in [0.25, 0.3) is 6.43 Å². The van der Waals surface area contributed by atoms with Crippen LogP contribution >= 0.6 is 24.0 Å². The van der Waals surface area contributed by atoms with E-state index in [-0.39, 0.29) is 30.5 Å². The van der Waals surface area contributed by atoms with Crippen molar-refractivity contribution in [3.63, 3.8) is 0 Å². The molecule has 0 radical (unpaired) electrons. The third kappa shape index (κ3) is 7.27. The number of halogens is 3. The predicted octanol–water partition coefficient (Wildman–Crippen LogP) is 3.20. The second kappa shape index (κ2) is 9.72. The summed E-state index contributed by atoms with van der Waals surface area (Å²) in [7, 11) is 3.55. The fourth-order valence-electron chi connectivity index (χ4n) is 2.54. The number of guanidine groups is 1. The minimum absolute atomic E-state index is 0. The molecule has 6 heteroatoms. The fourth-order valence-corrected chi connectivity index (χ4v) is 2.54. The van der Waals surface area contributed by atoms with Crippen LogP contribution in [0.25, 0.3) is 0 Å². The van der Waals surface area contributed by atoms with Gasteiger partial charge in [0.2, 0.25) is 0 Å². The second-order valence-corrected chi connectivity index (χ2v) is 5.33. The van der Waals surface area contributed by atoms with Crippen molar-refractivity contribution in [3.8, 4) is 0 Å². The van der Waals surface area contributed by atoms with Gasteiger partial charge in [-0.05, 0) is 24.7 Å². The van der Waals surface area contributed by atoms with Crippen LogP contribution in [-0.4, -0.2) is 44.5 Å². The Balaban J connectivity index is 0.00000324. The van der Waals surface area contributed by atoms with Crippen LogP contribution in [0.1, 0.15) is 32.6 Å². The summed E-state index contributed by atoms with van der Waals surface area (Å²) in [5.41, 5.74) is 0. The average Bonchev–Trinajstić information content (AvgIpc) is 2.32. The minimum Gasteiger partial charge on any atom is -0.351 e. The number of nitrogens with zero attached hydrogens (tertiary/aromatic N) is 2. The number of alkyl halides is 2. The molecular weight excluding hydrogens is 363 g/mol. The lowest BCUT2D eigenvalue weighted by molar-refractivity contribution is 0.150. The van der Waals surface area contributed by atoms with E-state index >= 15 is 0 Å². The predicted molar refractivity (Wildman–Crippen MR) is 86.5 cm³/mol. The van der Waals surface area contributed by atoms with Crippen molar-refractivity contribution in [2.45, 2.75) is 39.0 Å². The first kappa shape index (κ1) is 18.9. The molecule has 0 spiro atoms. The number of hydrogen-bond acceptors (Lipinski definition) is 1. The number of rotatable bonds is 4. The van der Waals surface area contributed by atoms with Gasteiger partial charge in [-0.3, -0.25) is 4.99 Å². The zero-order valence-corrected chi connectivity index (χ0v) is 14.4. The number of hydrogen-bond donors (Lipinski definition) is 1. The van der Waals surface area contributed by atoms with Crippen LogP contribution in [0.3, 0.4) is 0 Å². The first-order chi connectivity index (χ1) is 8.52. The van der Waals surface area contributed by atoms with Gasteiger partial charge in [-0.2, -0.15) is 0 Å². The molecule has 0 aromatic rings. The van der Waals surface area contributed by atoms with Crippen molar-refractivity contribution in [1.29, 1.82) is 0 Å². The van der Waals surface area contributed by atoms with Crippen LogP contribution < -0.4 is 5.32 Å². The Kier molecular flexibility index (Phi) is 9.64. The molecule has 0 heterocycles. The molecule has 1 N–H and O–H groups in total. The zero-order valence-electron chi connectivity index (χ0n) is 12.0. The van der Waals surface area contributed by atoms with E-state index < -0.39 is 6.43 Å². The lowest BCUT2D eigenvalue weighted by atomic mass is 9.83. The zero-order chi connectivity index (χ0) is 13.5. The monoisotopic (exact) mass is 389 g/mol. The topological polar surface area (TPSA) is 27.6 Å². The molecule has 0 bridgehead atoms. The van der Waals surface area contributed by atoms with E-state index in [0.29, 0.717) is 11.9 Å². The van der Waals surface area contributed by atoms with Crippen LogP contribution in [-0.2, 0) is 0 Å². The summed E-state index contributed by atoms with van der Waals surface area (Å²) in [4.78, 5) is 6.00. The molecule has 0 aliphatic heterocycles. The van der Waals surface area contributed by atoms with E-state index in [0.717, 1.165) is 12.5 Å². The van der Waals surface area contributed by atoms with Crippen molar-refractivity contribution >= 4 is 29.9 Å². The maximum Gasteiger partial charge on any atom is 0.255 e. The van der Waals surface area contributed by atoms with Gasteiger partial charge in [0, 0.05) is 20.6 Å². The van der Waals surface area contributed by atoms with E-state index in [2.05, 4.69) is 17.2 Å². The van der Waals surface area contributed by atoms with Gasteiger partial charge in [0.1, 0.15) is 0 Å². The highest BCUT2D eigenvalue weighted by Gasteiger charge is 2.20. The van der Waals surface area contributed by atoms with Crippen molar-refractivity contribution < 1.29 is 8.78 Å². The van der Waals surface area contributed by atoms with E-state index in [9.17, 15) is 8.78 Å². The molecule has 0 atom stereocenters. The highest BCUT2D eigenvalue weighted by atomic mass is 127. The van der Waals surface area contributed by atoms with Crippen LogP contribution in [0, 0.1) is 11.8 Å². The summed E-state index contributed by atoms with van der Waals surface area (Å²) in [5, 5.41) is 2.69. The SMILES string of the molecule is CN=C(NCC(F)F)N(C)CC1CCC(C)CC1.I. The second-order valence-electron chi connectivity index (χ2n) is 5.33. The summed E-state index contributed by atoms with van der Waals surface area (Å²) in [6.45, 7) is 2.86. The molecule has 19 heavy (non-hydrogen) atoms. The van der Waals surface area contributed by atoms with Crippen molar-refractivity contribution in [2.75, 3.05) is 27.2 Å². The Morgan fingerprint density at radius 3 is 2.37 bits per heavy atom. The van der Waals surface area contributed by atoms with Crippen LogP contribution in [0.5, 0.6) is 0 Å². The molecular formula is C13H26F2IN3. The molecule has 0 aromatic heterocycles. The molecule has 1 fully saturated rings. The Bertz CT molecular complexity index is 267. The van der Waals surface area contributed by atoms with Crippen LogP contribution in [0.4, 0.5) is 8.78 Å². The van der Waals surface area contributed by atoms with Crippen molar-refractivity contribution in [2.24, 2.45) is 16.8 Å². The van der Waals surface area contributed by atoms with Gasteiger partial charge in [-0.25, -0.2) is 8.78 Å². The molecule has 1 saturated carbocycles. The van der Waals surface area contributed by atoms with Crippen LogP contribution in [0.2, 0.25) is 0 Å².